The summed E-state index contributed by atoms with van der Waals surface area (Å²) in [6.45, 7) is 9.14. The Morgan fingerprint density at radius 1 is 1.24 bits per heavy atom. The van der Waals surface area contributed by atoms with E-state index in [1.807, 2.05) is 45.2 Å². The Kier molecular flexibility index (Phi) is 4.94. The molecule has 0 fully saturated rings. The molecule has 1 amide bonds. The van der Waals surface area contributed by atoms with Gasteiger partial charge in [-0.25, -0.2) is 14.6 Å². The molecule has 0 unspecified atom stereocenters. The van der Waals surface area contributed by atoms with Crippen LogP contribution in [0.2, 0.25) is 0 Å². The van der Waals surface area contributed by atoms with Gasteiger partial charge in [0.25, 0.3) is 11.9 Å². The Morgan fingerprint density at radius 3 is 2.64 bits per heavy atom. The summed E-state index contributed by atoms with van der Waals surface area (Å²) in [5.74, 6) is 0.462. The first kappa shape index (κ1) is 17.3. The third-order valence-electron chi connectivity index (χ3n) is 4.19. The first-order chi connectivity index (χ1) is 12.1. The molecule has 0 aliphatic carbocycles. The molecule has 25 heavy (non-hydrogen) atoms. The summed E-state index contributed by atoms with van der Waals surface area (Å²) in [5, 5.41) is 6.38. The molecule has 0 N–H and O–H groups in total. The molecule has 6 nitrogen and oxygen atoms in total. The molecular formula is C18H21N5OS. The number of rotatable bonds is 5. The van der Waals surface area contributed by atoms with E-state index in [1.54, 1.807) is 33.3 Å². The zero-order chi connectivity index (χ0) is 18.0. The van der Waals surface area contributed by atoms with Crippen molar-refractivity contribution in [3.8, 4) is 16.5 Å². The normalized spacial score (nSPS) is 10.9. The summed E-state index contributed by atoms with van der Waals surface area (Å²) in [5.41, 5.74) is 3.24. The summed E-state index contributed by atoms with van der Waals surface area (Å²) < 4.78 is 1.63. The zero-order valence-electron chi connectivity index (χ0n) is 14.9. The lowest BCUT2D eigenvalue weighted by Crippen LogP contribution is -2.30. The van der Waals surface area contributed by atoms with E-state index in [0.717, 1.165) is 21.8 Å². The van der Waals surface area contributed by atoms with Crippen LogP contribution in [0.3, 0.4) is 0 Å². The first-order valence-electron chi connectivity index (χ1n) is 8.28. The number of nitrogens with zero attached hydrogens (tertiary/aromatic N) is 5. The van der Waals surface area contributed by atoms with E-state index < -0.39 is 0 Å². The highest BCUT2D eigenvalue weighted by Crippen LogP contribution is 2.26. The van der Waals surface area contributed by atoms with Crippen LogP contribution in [0.4, 0.5) is 0 Å². The topological polar surface area (TPSA) is 63.9 Å². The number of aryl methyl sites for hydroxylation is 1. The number of carbonyl (C=O) groups excluding carboxylic acids is 1. The van der Waals surface area contributed by atoms with Crippen molar-refractivity contribution in [2.75, 3.05) is 13.1 Å². The third-order valence-corrected chi connectivity index (χ3v) is 5.07. The van der Waals surface area contributed by atoms with Crippen LogP contribution >= 0.6 is 11.3 Å². The minimum Gasteiger partial charge on any atom is -0.339 e. The molecule has 0 aliphatic heterocycles. The van der Waals surface area contributed by atoms with E-state index in [-0.39, 0.29) is 5.91 Å². The standard InChI is InChI=1S/C18H21N5OS/c1-5-22(6-2)17(24)14-11-20-23(13(14)4)18-19-10-12(3)16(21-18)15-8-7-9-25-15/h7-11H,5-6H2,1-4H3. The lowest BCUT2D eigenvalue weighted by atomic mass is 10.2. The molecule has 3 aromatic rings. The SMILES string of the molecule is CCN(CC)C(=O)c1cnn(-c2ncc(C)c(-c3cccs3)n2)c1C. The highest BCUT2D eigenvalue weighted by atomic mass is 32.1. The van der Waals surface area contributed by atoms with Crippen molar-refractivity contribution in [2.24, 2.45) is 0 Å². The maximum absolute atomic E-state index is 12.6. The number of aromatic nitrogens is 4. The number of thiophene rings is 1. The van der Waals surface area contributed by atoms with Crippen molar-refractivity contribution < 1.29 is 4.79 Å². The lowest BCUT2D eigenvalue weighted by Gasteiger charge is -2.18. The third kappa shape index (κ3) is 3.19. The van der Waals surface area contributed by atoms with Crippen LogP contribution in [0.25, 0.3) is 16.5 Å². The predicted molar refractivity (Wildman–Crippen MR) is 99.2 cm³/mol. The van der Waals surface area contributed by atoms with Crippen molar-refractivity contribution >= 4 is 17.2 Å². The van der Waals surface area contributed by atoms with Crippen LogP contribution in [-0.4, -0.2) is 43.6 Å². The second-order valence-corrected chi connectivity index (χ2v) is 6.66. The largest absolute Gasteiger partial charge is 0.339 e. The van der Waals surface area contributed by atoms with Gasteiger partial charge in [0.05, 0.1) is 28.0 Å². The highest BCUT2D eigenvalue weighted by Gasteiger charge is 2.20. The van der Waals surface area contributed by atoms with Crippen LogP contribution in [0.1, 0.15) is 35.5 Å². The molecule has 0 saturated carbocycles. The smallest absolute Gasteiger partial charge is 0.257 e. The van der Waals surface area contributed by atoms with Gasteiger partial charge in [-0.3, -0.25) is 4.79 Å². The Labute approximate surface area is 151 Å². The van der Waals surface area contributed by atoms with E-state index >= 15 is 0 Å². The van der Waals surface area contributed by atoms with Crippen LogP contribution in [0.5, 0.6) is 0 Å². The van der Waals surface area contributed by atoms with Crippen LogP contribution in [0, 0.1) is 13.8 Å². The fourth-order valence-electron chi connectivity index (χ4n) is 2.70. The van der Waals surface area contributed by atoms with Crippen LogP contribution in [0.15, 0.2) is 29.9 Å². The van der Waals surface area contributed by atoms with Gasteiger partial charge in [-0.15, -0.1) is 11.3 Å². The van der Waals surface area contributed by atoms with Gasteiger partial charge in [-0.2, -0.15) is 5.10 Å². The van der Waals surface area contributed by atoms with Crippen molar-refractivity contribution in [3.63, 3.8) is 0 Å². The molecule has 0 aromatic carbocycles. The molecule has 0 spiro atoms. The maximum atomic E-state index is 12.6. The first-order valence-corrected chi connectivity index (χ1v) is 9.16. The quantitative estimate of drug-likeness (QED) is 0.703. The average molecular weight is 355 g/mol. The summed E-state index contributed by atoms with van der Waals surface area (Å²) in [7, 11) is 0. The van der Waals surface area contributed by atoms with Crippen molar-refractivity contribution in [1.82, 2.24) is 24.6 Å². The second kappa shape index (κ2) is 7.14. The summed E-state index contributed by atoms with van der Waals surface area (Å²) in [6, 6.07) is 4.04. The summed E-state index contributed by atoms with van der Waals surface area (Å²) >= 11 is 1.64. The lowest BCUT2D eigenvalue weighted by molar-refractivity contribution is 0.0772. The zero-order valence-corrected chi connectivity index (χ0v) is 15.7. The van der Waals surface area contributed by atoms with E-state index in [1.165, 1.54) is 0 Å². The van der Waals surface area contributed by atoms with Crippen LogP contribution in [-0.2, 0) is 0 Å². The number of hydrogen-bond acceptors (Lipinski definition) is 5. The Hall–Kier alpha value is -2.54. The van der Waals surface area contributed by atoms with E-state index in [4.69, 9.17) is 0 Å². The molecule has 0 aliphatic rings. The molecule has 130 valence electrons. The molecular weight excluding hydrogens is 334 g/mol. The van der Waals surface area contributed by atoms with Gasteiger partial charge >= 0.3 is 0 Å². The fourth-order valence-corrected chi connectivity index (χ4v) is 3.48. The Balaban J connectivity index is 2.01. The molecule has 0 atom stereocenters. The maximum Gasteiger partial charge on any atom is 0.257 e. The fraction of sp³-hybridized carbons (Fsp3) is 0.333. The molecule has 3 heterocycles. The van der Waals surface area contributed by atoms with Crippen molar-refractivity contribution in [2.45, 2.75) is 27.7 Å². The van der Waals surface area contributed by atoms with Gasteiger partial charge in [-0.1, -0.05) is 6.07 Å². The van der Waals surface area contributed by atoms with Gasteiger partial charge in [0.1, 0.15) is 0 Å². The Bertz CT molecular complexity index is 881. The van der Waals surface area contributed by atoms with Gasteiger partial charge in [-0.05, 0) is 44.7 Å². The van der Waals surface area contributed by atoms with Crippen molar-refractivity contribution in [1.29, 1.82) is 0 Å². The second-order valence-electron chi connectivity index (χ2n) is 5.71. The van der Waals surface area contributed by atoms with E-state index in [9.17, 15) is 4.79 Å². The molecule has 3 rings (SSSR count). The van der Waals surface area contributed by atoms with E-state index in [0.29, 0.717) is 24.6 Å². The minimum atomic E-state index is -0.0145. The number of amides is 1. The number of hydrogen-bond donors (Lipinski definition) is 0. The molecule has 7 heteroatoms. The van der Waals surface area contributed by atoms with Gasteiger partial charge in [0, 0.05) is 19.3 Å². The molecule has 3 aromatic heterocycles. The van der Waals surface area contributed by atoms with Gasteiger partial charge < -0.3 is 4.90 Å². The minimum absolute atomic E-state index is 0.0145. The average Bonchev–Trinajstić information content (AvgIpc) is 3.26. The monoisotopic (exact) mass is 355 g/mol. The number of carbonyl (C=O) groups is 1. The highest BCUT2D eigenvalue weighted by molar-refractivity contribution is 7.13. The van der Waals surface area contributed by atoms with E-state index in [2.05, 4.69) is 15.1 Å². The van der Waals surface area contributed by atoms with Crippen LogP contribution < -0.4 is 0 Å². The summed E-state index contributed by atoms with van der Waals surface area (Å²) in [6.07, 6.45) is 3.40. The summed E-state index contributed by atoms with van der Waals surface area (Å²) in [4.78, 5) is 24.6. The Morgan fingerprint density at radius 2 is 2.00 bits per heavy atom. The molecule has 0 saturated heterocycles. The van der Waals surface area contributed by atoms with Gasteiger partial charge in [0.2, 0.25) is 0 Å². The predicted octanol–water partition coefficient (Wildman–Crippen LogP) is 3.49. The molecule has 0 bridgehead atoms. The molecule has 0 radical (unpaired) electrons. The van der Waals surface area contributed by atoms with Crippen molar-refractivity contribution in [3.05, 3.63) is 46.7 Å². The van der Waals surface area contributed by atoms with Gasteiger partial charge in [0.15, 0.2) is 0 Å².